The van der Waals surface area contributed by atoms with Crippen molar-refractivity contribution < 1.29 is 19.1 Å². The molecule has 166 valence electrons. The molecule has 0 spiro atoms. The number of nitrogens with zero attached hydrogens (tertiary/aromatic N) is 1. The highest BCUT2D eigenvalue weighted by atomic mass is 16.5. The van der Waals surface area contributed by atoms with Crippen LogP contribution in [0, 0.1) is 5.92 Å². The van der Waals surface area contributed by atoms with Crippen LogP contribution in [-0.4, -0.2) is 43.7 Å². The molecule has 0 radical (unpaired) electrons. The van der Waals surface area contributed by atoms with Crippen molar-refractivity contribution in [2.75, 3.05) is 32.2 Å². The van der Waals surface area contributed by atoms with Crippen molar-refractivity contribution in [1.82, 2.24) is 10.3 Å². The number of benzene rings is 2. The van der Waals surface area contributed by atoms with E-state index >= 15 is 0 Å². The minimum atomic E-state index is -0.312. The first kappa shape index (κ1) is 21.8. The van der Waals surface area contributed by atoms with E-state index in [9.17, 15) is 9.59 Å². The Labute approximate surface area is 187 Å². The normalized spacial score (nSPS) is 14.2. The lowest BCUT2D eigenvalue weighted by atomic mass is 9.97. The van der Waals surface area contributed by atoms with Crippen molar-refractivity contribution in [1.29, 1.82) is 0 Å². The van der Waals surface area contributed by atoms with Crippen molar-refractivity contribution in [3.8, 4) is 5.75 Å². The first-order chi connectivity index (χ1) is 15.7. The molecule has 3 aromatic rings. The Morgan fingerprint density at radius 1 is 1.03 bits per heavy atom. The fourth-order valence-corrected chi connectivity index (χ4v) is 4.03. The third-order valence-corrected chi connectivity index (χ3v) is 5.80. The van der Waals surface area contributed by atoms with Gasteiger partial charge in [0.05, 0.1) is 12.8 Å². The summed E-state index contributed by atoms with van der Waals surface area (Å²) in [7, 11) is 1.60. The van der Waals surface area contributed by atoms with Gasteiger partial charge in [0, 0.05) is 36.9 Å². The molecule has 2 amide bonds. The number of hydrogen-bond donors (Lipinski definition) is 2. The summed E-state index contributed by atoms with van der Waals surface area (Å²) in [6, 6.07) is 14.4. The largest absolute Gasteiger partial charge is 0.496 e. The van der Waals surface area contributed by atoms with Gasteiger partial charge in [-0.1, -0.05) is 24.3 Å². The van der Waals surface area contributed by atoms with Gasteiger partial charge in [-0.05, 0) is 54.8 Å². The molecule has 4 rings (SSSR count). The molecular weight excluding hydrogens is 406 g/mol. The van der Waals surface area contributed by atoms with E-state index in [1.54, 1.807) is 37.6 Å². The Hall–Kier alpha value is -3.45. The first-order valence-electron chi connectivity index (χ1n) is 10.9. The second-order valence-corrected chi connectivity index (χ2v) is 7.81. The zero-order valence-electron chi connectivity index (χ0n) is 18.1. The van der Waals surface area contributed by atoms with Gasteiger partial charge in [-0.25, -0.2) is 4.98 Å². The van der Waals surface area contributed by atoms with Gasteiger partial charge in [-0.15, -0.1) is 0 Å². The van der Waals surface area contributed by atoms with Crippen LogP contribution < -0.4 is 15.4 Å². The summed E-state index contributed by atoms with van der Waals surface area (Å²) in [6.07, 6.45) is 4.50. The quantitative estimate of drug-likeness (QED) is 0.587. The molecule has 0 saturated carbocycles. The number of fused-ring (bicyclic) bond motifs is 1. The topological polar surface area (TPSA) is 89.5 Å². The third kappa shape index (κ3) is 4.89. The van der Waals surface area contributed by atoms with E-state index in [1.807, 2.05) is 24.3 Å². The van der Waals surface area contributed by atoms with Crippen LogP contribution in [0.4, 0.5) is 5.69 Å². The molecule has 2 N–H and O–H groups in total. The summed E-state index contributed by atoms with van der Waals surface area (Å²) >= 11 is 0. The van der Waals surface area contributed by atoms with Gasteiger partial charge in [-0.3, -0.25) is 9.59 Å². The average Bonchev–Trinajstić information content (AvgIpc) is 2.84. The van der Waals surface area contributed by atoms with Gasteiger partial charge in [0.2, 0.25) is 0 Å². The predicted molar refractivity (Wildman–Crippen MR) is 123 cm³/mol. The lowest BCUT2D eigenvalue weighted by Gasteiger charge is -2.21. The zero-order chi connectivity index (χ0) is 22.3. The Balaban J connectivity index is 1.48. The number of anilines is 1. The fourth-order valence-electron chi connectivity index (χ4n) is 4.03. The number of aromatic nitrogens is 1. The summed E-state index contributed by atoms with van der Waals surface area (Å²) in [6.45, 7) is 2.14. The molecule has 7 heteroatoms. The molecule has 1 aliphatic rings. The molecule has 0 atom stereocenters. The van der Waals surface area contributed by atoms with Gasteiger partial charge in [-0.2, -0.15) is 0 Å². The van der Waals surface area contributed by atoms with Gasteiger partial charge in [0.15, 0.2) is 5.69 Å². The number of rotatable bonds is 7. The maximum absolute atomic E-state index is 13.1. The second-order valence-electron chi connectivity index (χ2n) is 7.81. The maximum atomic E-state index is 13.1. The smallest absolute Gasteiger partial charge is 0.272 e. The zero-order valence-corrected chi connectivity index (χ0v) is 18.1. The highest BCUT2D eigenvalue weighted by Crippen LogP contribution is 2.29. The number of hydrogen-bond acceptors (Lipinski definition) is 5. The Kier molecular flexibility index (Phi) is 6.97. The maximum Gasteiger partial charge on any atom is 0.272 e. The molecule has 2 heterocycles. The molecule has 32 heavy (non-hydrogen) atoms. The van der Waals surface area contributed by atoms with Gasteiger partial charge in [0.25, 0.3) is 11.8 Å². The molecule has 1 aromatic heterocycles. The Bertz CT molecular complexity index is 1110. The highest BCUT2D eigenvalue weighted by molar-refractivity contribution is 6.15. The number of nitrogens with one attached hydrogen (secondary N) is 2. The van der Waals surface area contributed by atoms with E-state index in [4.69, 9.17) is 9.47 Å². The number of carbonyl (C=O) groups is 2. The molecule has 0 aliphatic carbocycles. The standard InChI is InChI=1S/C25H27N3O4/c1-31-22-9-8-20(18-5-2-3-6-19(18)22)24(29)28-21-7-4-13-26-23(21)25(30)27-14-10-17-11-15-32-16-12-17/h2-9,13,17H,10-12,14-16H2,1H3,(H,27,30)(H,28,29). The van der Waals surface area contributed by atoms with Crippen LogP contribution in [0.2, 0.25) is 0 Å². The summed E-state index contributed by atoms with van der Waals surface area (Å²) in [5.41, 5.74) is 1.07. The van der Waals surface area contributed by atoms with Crippen LogP contribution in [0.5, 0.6) is 5.75 Å². The second kappa shape index (κ2) is 10.2. The van der Waals surface area contributed by atoms with Crippen molar-refractivity contribution >= 4 is 28.3 Å². The van der Waals surface area contributed by atoms with E-state index in [0.717, 1.165) is 43.2 Å². The third-order valence-electron chi connectivity index (χ3n) is 5.80. The molecule has 1 aliphatic heterocycles. The molecule has 0 unspecified atom stereocenters. The Morgan fingerprint density at radius 3 is 2.59 bits per heavy atom. The predicted octanol–water partition coefficient (Wildman–Crippen LogP) is 4.04. The highest BCUT2D eigenvalue weighted by Gasteiger charge is 2.19. The lowest BCUT2D eigenvalue weighted by Crippen LogP contribution is -2.29. The van der Waals surface area contributed by atoms with Crippen LogP contribution in [0.1, 0.15) is 40.1 Å². The molecular formula is C25H27N3O4. The molecule has 2 aromatic carbocycles. The summed E-state index contributed by atoms with van der Waals surface area (Å²) in [5.74, 6) is 0.652. The fraction of sp³-hybridized carbons (Fsp3) is 0.320. The molecule has 1 fully saturated rings. The summed E-state index contributed by atoms with van der Waals surface area (Å²) in [4.78, 5) is 30.1. The minimum Gasteiger partial charge on any atom is -0.496 e. The van der Waals surface area contributed by atoms with E-state index in [0.29, 0.717) is 29.5 Å². The monoisotopic (exact) mass is 433 g/mol. The number of methoxy groups -OCH3 is 1. The van der Waals surface area contributed by atoms with Gasteiger partial charge >= 0.3 is 0 Å². The van der Waals surface area contributed by atoms with Gasteiger partial charge in [0.1, 0.15) is 5.75 Å². The number of ether oxygens (including phenoxy) is 2. The Morgan fingerprint density at radius 2 is 1.81 bits per heavy atom. The van der Waals surface area contributed by atoms with Crippen LogP contribution in [-0.2, 0) is 4.74 Å². The van der Waals surface area contributed by atoms with Crippen molar-refractivity contribution in [2.24, 2.45) is 5.92 Å². The van der Waals surface area contributed by atoms with Gasteiger partial charge < -0.3 is 20.1 Å². The van der Waals surface area contributed by atoms with Crippen LogP contribution in [0.3, 0.4) is 0 Å². The lowest BCUT2D eigenvalue weighted by molar-refractivity contribution is 0.0636. The summed E-state index contributed by atoms with van der Waals surface area (Å²) in [5, 5.41) is 7.41. The van der Waals surface area contributed by atoms with Crippen molar-refractivity contribution in [2.45, 2.75) is 19.3 Å². The van der Waals surface area contributed by atoms with Crippen molar-refractivity contribution in [3.05, 3.63) is 66.0 Å². The first-order valence-corrected chi connectivity index (χ1v) is 10.9. The van der Waals surface area contributed by atoms with Crippen LogP contribution in [0.25, 0.3) is 10.8 Å². The molecule has 7 nitrogen and oxygen atoms in total. The summed E-state index contributed by atoms with van der Waals surface area (Å²) < 4.78 is 10.8. The number of amides is 2. The van der Waals surface area contributed by atoms with E-state index < -0.39 is 0 Å². The average molecular weight is 434 g/mol. The molecule has 1 saturated heterocycles. The van der Waals surface area contributed by atoms with Crippen LogP contribution in [0.15, 0.2) is 54.7 Å². The van der Waals surface area contributed by atoms with E-state index in [-0.39, 0.29) is 17.5 Å². The van der Waals surface area contributed by atoms with E-state index in [2.05, 4.69) is 15.6 Å². The molecule has 0 bridgehead atoms. The van der Waals surface area contributed by atoms with Crippen molar-refractivity contribution in [3.63, 3.8) is 0 Å². The van der Waals surface area contributed by atoms with E-state index in [1.165, 1.54) is 0 Å². The number of carbonyl (C=O) groups excluding carboxylic acids is 2. The SMILES string of the molecule is COc1ccc(C(=O)Nc2cccnc2C(=O)NCCC2CCOCC2)c2ccccc12. The minimum absolute atomic E-state index is 0.200. The van der Waals surface area contributed by atoms with Crippen LogP contribution >= 0.6 is 0 Å². The number of pyridine rings is 1.